The molecule has 0 saturated heterocycles. The summed E-state index contributed by atoms with van der Waals surface area (Å²) in [7, 11) is -1.53. The van der Waals surface area contributed by atoms with Gasteiger partial charge in [0.05, 0.1) is 4.90 Å². The molecular weight excluding hydrogens is 260 g/mol. The number of benzene rings is 1. The van der Waals surface area contributed by atoms with Crippen molar-refractivity contribution < 1.29 is 8.42 Å². The highest BCUT2D eigenvalue weighted by molar-refractivity contribution is 7.89. The minimum absolute atomic E-state index is 0.109. The molecule has 0 aromatic heterocycles. The fraction of sp³-hybridized carbons (Fsp3) is 0.571. The van der Waals surface area contributed by atoms with Crippen LogP contribution < -0.4 is 10.0 Å². The third kappa shape index (κ3) is 3.35. The van der Waals surface area contributed by atoms with Crippen LogP contribution in [0.3, 0.4) is 0 Å². The predicted octanol–water partition coefficient (Wildman–Crippen LogP) is 1.94. The Morgan fingerprint density at radius 3 is 2.58 bits per heavy atom. The van der Waals surface area contributed by atoms with Gasteiger partial charge in [0.1, 0.15) is 0 Å². The Bertz CT molecular complexity index is 534. The number of nitrogens with one attached hydrogen (secondary N) is 2. The maximum atomic E-state index is 12.4. The normalized spacial score (nSPS) is 16.9. The molecule has 0 atom stereocenters. The molecule has 1 aliphatic rings. The highest BCUT2D eigenvalue weighted by Gasteiger charge is 2.24. The first kappa shape index (κ1) is 14.5. The first-order chi connectivity index (χ1) is 9.04. The van der Waals surface area contributed by atoms with Gasteiger partial charge in [0.15, 0.2) is 0 Å². The van der Waals surface area contributed by atoms with Crippen molar-refractivity contribution in [3.63, 3.8) is 0 Å². The van der Waals surface area contributed by atoms with E-state index in [0.717, 1.165) is 36.8 Å². The molecule has 0 amide bonds. The van der Waals surface area contributed by atoms with Crippen molar-refractivity contribution in [3.05, 3.63) is 29.3 Å². The lowest BCUT2D eigenvalue weighted by atomic mass is 10.1. The molecule has 2 rings (SSSR count). The van der Waals surface area contributed by atoms with Crippen molar-refractivity contribution in [2.24, 2.45) is 0 Å². The zero-order chi connectivity index (χ0) is 13.9. The lowest BCUT2D eigenvalue weighted by Gasteiger charge is -2.16. The summed E-state index contributed by atoms with van der Waals surface area (Å²) in [5.41, 5.74) is 1.86. The Morgan fingerprint density at radius 2 is 1.95 bits per heavy atom. The largest absolute Gasteiger partial charge is 0.316 e. The van der Waals surface area contributed by atoms with Crippen LogP contribution in [0.4, 0.5) is 0 Å². The second kappa shape index (κ2) is 6.03. The highest BCUT2D eigenvalue weighted by Crippen LogP contribution is 2.23. The maximum Gasteiger partial charge on any atom is 0.241 e. The van der Waals surface area contributed by atoms with E-state index in [2.05, 4.69) is 10.0 Å². The van der Waals surface area contributed by atoms with Crippen molar-refractivity contribution in [2.45, 2.75) is 50.1 Å². The van der Waals surface area contributed by atoms with E-state index in [1.54, 1.807) is 6.07 Å². The molecule has 0 radical (unpaired) electrons. The van der Waals surface area contributed by atoms with Gasteiger partial charge in [0, 0.05) is 12.6 Å². The van der Waals surface area contributed by atoms with Gasteiger partial charge < -0.3 is 5.32 Å². The Kier molecular flexibility index (Phi) is 4.60. The first-order valence-electron chi connectivity index (χ1n) is 6.80. The zero-order valence-corrected chi connectivity index (χ0v) is 12.4. The van der Waals surface area contributed by atoms with Crippen molar-refractivity contribution in [1.82, 2.24) is 10.0 Å². The molecule has 0 aliphatic heterocycles. The average Bonchev–Trinajstić information content (AvgIpc) is 2.84. The third-order valence-electron chi connectivity index (χ3n) is 3.73. The van der Waals surface area contributed by atoms with E-state index >= 15 is 0 Å². The standard InChI is InChI=1S/C14H22N2O2S/c1-11-12(10-15-2)6-5-9-14(11)19(17,18)16-13-7-3-4-8-13/h5-6,9,13,15-16H,3-4,7-8,10H2,1-2H3. The molecule has 1 aromatic rings. The van der Waals surface area contributed by atoms with E-state index in [9.17, 15) is 8.42 Å². The van der Waals surface area contributed by atoms with Gasteiger partial charge in [-0.15, -0.1) is 0 Å². The Labute approximate surface area is 115 Å². The van der Waals surface area contributed by atoms with E-state index in [0.29, 0.717) is 11.4 Å². The molecule has 1 aromatic carbocycles. The molecule has 1 saturated carbocycles. The Balaban J connectivity index is 2.26. The summed E-state index contributed by atoms with van der Waals surface area (Å²) in [4.78, 5) is 0.409. The summed E-state index contributed by atoms with van der Waals surface area (Å²) in [6.07, 6.45) is 4.14. The SMILES string of the molecule is CNCc1cccc(S(=O)(=O)NC2CCCC2)c1C. The predicted molar refractivity (Wildman–Crippen MR) is 76.5 cm³/mol. The Morgan fingerprint density at radius 1 is 1.26 bits per heavy atom. The van der Waals surface area contributed by atoms with E-state index in [-0.39, 0.29) is 6.04 Å². The summed E-state index contributed by atoms with van der Waals surface area (Å²) in [5.74, 6) is 0. The molecule has 0 spiro atoms. The van der Waals surface area contributed by atoms with Crippen LogP contribution in [0.15, 0.2) is 23.1 Å². The van der Waals surface area contributed by atoms with Crippen molar-refractivity contribution in [2.75, 3.05) is 7.05 Å². The summed E-state index contributed by atoms with van der Waals surface area (Å²) < 4.78 is 27.7. The van der Waals surface area contributed by atoms with E-state index in [1.807, 2.05) is 26.1 Å². The van der Waals surface area contributed by atoms with Gasteiger partial charge >= 0.3 is 0 Å². The van der Waals surface area contributed by atoms with Gasteiger partial charge in [-0.25, -0.2) is 13.1 Å². The third-order valence-corrected chi connectivity index (χ3v) is 5.39. The summed E-state index contributed by atoms with van der Waals surface area (Å²) in [6, 6.07) is 5.56. The van der Waals surface area contributed by atoms with E-state index < -0.39 is 10.0 Å². The molecule has 106 valence electrons. The fourth-order valence-corrected chi connectivity index (χ4v) is 4.25. The van der Waals surface area contributed by atoms with E-state index in [1.165, 1.54) is 0 Å². The molecule has 1 aliphatic carbocycles. The monoisotopic (exact) mass is 282 g/mol. The fourth-order valence-electron chi connectivity index (χ4n) is 2.66. The average molecular weight is 282 g/mol. The first-order valence-corrected chi connectivity index (χ1v) is 8.28. The molecular formula is C14H22N2O2S. The molecule has 4 nitrogen and oxygen atoms in total. The van der Waals surface area contributed by atoms with Crippen LogP contribution >= 0.6 is 0 Å². The van der Waals surface area contributed by atoms with Crippen LogP contribution in [-0.4, -0.2) is 21.5 Å². The van der Waals surface area contributed by atoms with Gasteiger partial charge in [-0.1, -0.05) is 25.0 Å². The second-order valence-electron chi connectivity index (χ2n) is 5.17. The second-order valence-corrected chi connectivity index (χ2v) is 6.86. The van der Waals surface area contributed by atoms with Crippen LogP contribution in [-0.2, 0) is 16.6 Å². The highest BCUT2D eigenvalue weighted by atomic mass is 32.2. The van der Waals surface area contributed by atoms with Crippen molar-refractivity contribution >= 4 is 10.0 Å². The van der Waals surface area contributed by atoms with Crippen molar-refractivity contribution in [1.29, 1.82) is 0 Å². The van der Waals surface area contributed by atoms with Gasteiger partial charge in [-0.3, -0.25) is 0 Å². The number of hydrogen-bond acceptors (Lipinski definition) is 3. The smallest absolute Gasteiger partial charge is 0.241 e. The van der Waals surface area contributed by atoms with Crippen molar-refractivity contribution in [3.8, 4) is 0 Å². The molecule has 0 unspecified atom stereocenters. The van der Waals surface area contributed by atoms with Crippen LogP contribution in [0.1, 0.15) is 36.8 Å². The molecule has 19 heavy (non-hydrogen) atoms. The van der Waals surface area contributed by atoms with Gasteiger partial charge in [-0.05, 0) is 44.0 Å². The number of sulfonamides is 1. The molecule has 1 fully saturated rings. The quantitative estimate of drug-likeness (QED) is 0.867. The lowest BCUT2D eigenvalue weighted by molar-refractivity contribution is 0.551. The number of rotatable bonds is 5. The Hall–Kier alpha value is -0.910. The lowest BCUT2D eigenvalue weighted by Crippen LogP contribution is -2.33. The zero-order valence-electron chi connectivity index (χ0n) is 11.6. The molecule has 0 heterocycles. The minimum atomic E-state index is -3.39. The number of hydrogen-bond donors (Lipinski definition) is 2. The van der Waals surface area contributed by atoms with Gasteiger partial charge in [-0.2, -0.15) is 0 Å². The topological polar surface area (TPSA) is 58.2 Å². The van der Waals surface area contributed by atoms with Crippen LogP contribution in [0.2, 0.25) is 0 Å². The van der Waals surface area contributed by atoms with Crippen LogP contribution in [0.5, 0.6) is 0 Å². The molecule has 5 heteroatoms. The summed E-state index contributed by atoms with van der Waals surface area (Å²) in [6.45, 7) is 2.55. The van der Waals surface area contributed by atoms with Crippen LogP contribution in [0.25, 0.3) is 0 Å². The van der Waals surface area contributed by atoms with Gasteiger partial charge in [0.25, 0.3) is 0 Å². The van der Waals surface area contributed by atoms with Crippen LogP contribution in [0, 0.1) is 6.92 Å². The minimum Gasteiger partial charge on any atom is -0.316 e. The molecule has 2 N–H and O–H groups in total. The maximum absolute atomic E-state index is 12.4. The van der Waals surface area contributed by atoms with Gasteiger partial charge in [0.2, 0.25) is 10.0 Å². The molecule has 0 bridgehead atoms. The summed E-state index contributed by atoms with van der Waals surface area (Å²) >= 11 is 0. The summed E-state index contributed by atoms with van der Waals surface area (Å²) in [5, 5.41) is 3.06. The van der Waals surface area contributed by atoms with E-state index in [4.69, 9.17) is 0 Å².